The van der Waals surface area contributed by atoms with Crippen molar-refractivity contribution in [1.82, 2.24) is 0 Å². The van der Waals surface area contributed by atoms with Gasteiger partial charge in [-0.3, -0.25) is 4.79 Å². The van der Waals surface area contributed by atoms with Gasteiger partial charge in [0.2, 0.25) is 0 Å². The number of carbonyl (C=O) groups is 1. The first-order chi connectivity index (χ1) is 9.60. The second-order valence-corrected chi connectivity index (χ2v) is 4.94. The molecule has 0 spiro atoms. The molecule has 4 heteroatoms. The minimum atomic E-state index is -0.0985. The van der Waals surface area contributed by atoms with E-state index in [2.05, 4.69) is 0 Å². The zero-order chi connectivity index (χ0) is 14.5. The van der Waals surface area contributed by atoms with E-state index in [1.54, 1.807) is 55.7 Å². The molecule has 20 heavy (non-hydrogen) atoms. The van der Waals surface area contributed by atoms with Crippen LogP contribution in [0.4, 0.5) is 0 Å². The number of methoxy groups -OCH3 is 1. The summed E-state index contributed by atoms with van der Waals surface area (Å²) in [6.07, 6.45) is 3.15. The van der Waals surface area contributed by atoms with Gasteiger partial charge in [-0.15, -0.1) is 0 Å². The van der Waals surface area contributed by atoms with Gasteiger partial charge in [-0.05, 0) is 54.1 Å². The van der Waals surface area contributed by atoms with E-state index >= 15 is 0 Å². The molecule has 102 valence electrons. The van der Waals surface area contributed by atoms with Crippen molar-refractivity contribution in [2.24, 2.45) is 0 Å². The molecule has 0 amide bonds. The second kappa shape index (κ2) is 6.60. The van der Waals surface area contributed by atoms with Crippen molar-refractivity contribution in [2.75, 3.05) is 7.11 Å². The van der Waals surface area contributed by atoms with Crippen LogP contribution in [0.2, 0.25) is 10.0 Å². The summed E-state index contributed by atoms with van der Waals surface area (Å²) in [5.41, 5.74) is 1.34. The first-order valence-electron chi connectivity index (χ1n) is 5.91. The first kappa shape index (κ1) is 14.6. The highest BCUT2D eigenvalue weighted by molar-refractivity contribution is 6.35. The molecule has 0 N–H and O–H groups in total. The van der Waals surface area contributed by atoms with Crippen LogP contribution in [-0.4, -0.2) is 12.9 Å². The summed E-state index contributed by atoms with van der Waals surface area (Å²) in [5, 5.41) is 1.07. The van der Waals surface area contributed by atoms with E-state index in [1.807, 2.05) is 0 Å². The normalized spacial score (nSPS) is 10.8. The lowest BCUT2D eigenvalue weighted by molar-refractivity contribution is 0.104. The molecule has 0 fully saturated rings. The standard InChI is InChI=1S/C16H12Cl2O2/c1-20-14-7-3-12(4-8-14)16(19)9-5-11-2-6-13(17)10-15(11)18/h2-10H,1H3/b9-5-. The van der Waals surface area contributed by atoms with E-state index in [0.717, 1.165) is 5.56 Å². The highest BCUT2D eigenvalue weighted by Gasteiger charge is 2.03. The summed E-state index contributed by atoms with van der Waals surface area (Å²) >= 11 is 11.9. The van der Waals surface area contributed by atoms with Crippen molar-refractivity contribution in [3.05, 3.63) is 69.7 Å². The molecule has 0 bridgehead atoms. The Kier molecular flexibility index (Phi) is 4.83. The quantitative estimate of drug-likeness (QED) is 0.593. The van der Waals surface area contributed by atoms with Crippen LogP contribution < -0.4 is 4.74 Å². The monoisotopic (exact) mass is 306 g/mol. The van der Waals surface area contributed by atoms with Crippen molar-refractivity contribution < 1.29 is 9.53 Å². The molecule has 0 aliphatic carbocycles. The Bertz CT molecular complexity index is 646. The van der Waals surface area contributed by atoms with Gasteiger partial charge in [0.1, 0.15) is 5.75 Å². The lowest BCUT2D eigenvalue weighted by Gasteiger charge is -2.01. The molecule has 0 aliphatic heterocycles. The Morgan fingerprint density at radius 3 is 2.40 bits per heavy atom. The molecule has 2 aromatic rings. The molecule has 2 rings (SSSR count). The fourth-order valence-electron chi connectivity index (χ4n) is 1.65. The maximum atomic E-state index is 12.0. The number of ketones is 1. The Balaban J connectivity index is 2.15. The van der Waals surface area contributed by atoms with Crippen molar-refractivity contribution in [1.29, 1.82) is 0 Å². The third kappa shape index (κ3) is 3.62. The van der Waals surface area contributed by atoms with Gasteiger partial charge in [-0.2, -0.15) is 0 Å². The van der Waals surface area contributed by atoms with Gasteiger partial charge in [-0.25, -0.2) is 0 Å². The molecule has 0 aromatic heterocycles. The van der Waals surface area contributed by atoms with Gasteiger partial charge in [0, 0.05) is 15.6 Å². The Labute approximate surface area is 127 Å². The van der Waals surface area contributed by atoms with Gasteiger partial charge < -0.3 is 4.74 Å². The van der Waals surface area contributed by atoms with E-state index in [9.17, 15) is 4.79 Å². The van der Waals surface area contributed by atoms with Crippen molar-refractivity contribution in [3.8, 4) is 5.75 Å². The SMILES string of the molecule is COc1ccc(C(=O)/C=C\c2ccc(Cl)cc2Cl)cc1. The average Bonchev–Trinajstić information content (AvgIpc) is 2.46. The highest BCUT2D eigenvalue weighted by Crippen LogP contribution is 2.22. The van der Waals surface area contributed by atoms with E-state index < -0.39 is 0 Å². The lowest BCUT2D eigenvalue weighted by Crippen LogP contribution is -1.94. The molecule has 0 radical (unpaired) electrons. The molecule has 2 nitrogen and oxygen atoms in total. The summed E-state index contributed by atoms with van der Waals surface area (Å²) in [7, 11) is 1.58. The predicted molar refractivity (Wildman–Crippen MR) is 82.8 cm³/mol. The Morgan fingerprint density at radius 1 is 1.10 bits per heavy atom. The van der Waals surface area contributed by atoms with Gasteiger partial charge in [0.25, 0.3) is 0 Å². The fraction of sp³-hybridized carbons (Fsp3) is 0.0625. The van der Waals surface area contributed by atoms with Crippen LogP contribution in [0.5, 0.6) is 5.75 Å². The number of rotatable bonds is 4. The number of carbonyl (C=O) groups excluding carboxylic acids is 1. The Hall–Kier alpha value is -1.77. The minimum Gasteiger partial charge on any atom is -0.497 e. The third-order valence-electron chi connectivity index (χ3n) is 2.75. The largest absolute Gasteiger partial charge is 0.497 e. The van der Waals surface area contributed by atoms with Crippen LogP contribution in [0.25, 0.3) is 6.08 Å². The topological polar surface area (TPSA) is 26.3 Å². The summed E-state index contributed by atoms with van der Waals surface area (Å²) in [6.45, 7) is 0. The molecule has 0 unspecified atom stereocenters. The number of hydrogen-bond donors (Lipinski definition) is 0. The molecular formula is C16H12Cl2O2. The summed E-state index contributed by atoms with van der Waals surface area (Å²) in [6, 6.07) is 12.1. The molecule has 0 saturated carbocycles. The molecule has 2 aromatic carbocycles. The maximum Gasteiger partial charge on any atom is 0.185 e. The van der Waals surface area contributed by atoms with Gasteiger partial charge in [0.15, 0.2) is 5.78 Å². The molecule has 0 heterocycles. The van der Waals surface area contributed by atoms with E-state index in [0.29, 0.717) is 21.4 Å². The molecular weight excluding hydrogens is 295 g/mol. The highest BCUT2D eigenvalue weighted by atomic mass is 35.5. The molecule has 0 aliphatic rings. The minimum absolute atomic E-state index is 0.0985. The smallest absolute Gasteiger partial charge is 0.185 e. The second-order valence-electron chi connectivity index (χ2n) is 4.09. The van der Waals surface area contributed by atoms with Gasteiger partial charge in [0.05, 0.1) is 7.11 Å². The van der Waals surface area contributed by atoms with Crippen molar-refractivity contribution in [2.45, 2.75) is 0 Å². The summed E-state index contributed by atoms with van der Waals surface area (Å²) in [4.78, 5) is 12.0. The summed E-state index contributed by atoms with van der Waals surface area (Å²) in [5.74, 6) is 0.616. The summed E-state index contributed by atoms with van der Waals surface area (Å²) < 4.78 is 5.05. The van der Waals surface area contributed by atoms with Crippen molar-refractivity contribution >= 4 is 35.1 Å². The number of ether oxygens (including phenoxy) is 1. The predicted octanol–water partition coefficient (Wildman–Crippen LogP) is 4.90. The van der Waals surface area contributed by atoms with Gasteiger partial charge in [-0.1, -0.05) is 29.3 Å². The zero-order valence-corrected chi connectivity index (χ0v) is 12.3. The van der Waals surface area contributed by atoms with Crippen molar-refractivity contribution in [3.63, 3.8) is 0 Å². The third-order valence-corrected chi connectivity index (χ3v) is 3.31. The molecule has 0 saturated heterocycles. The Morgan fingerprint density at radius 2 is 1.80 bits per heavy atom. The van der Waals surface area contributed by atoms with Gasteiger partial charge >= 0.3 is 0 Å². The van der Waals surface area contributed by atoms with Crippen LogP contribution in [-0.2, 0) is 0 Å². The number of benzene rings is 2. The van der Waals surface area contributed by atoms with Crippen LogP contribution in [0.15, 0.2) is 48.5 Å². The van der Waals surface area contributed by atoms with E-state index in [1.165, 1.54) is 6.08 Å². The van der Waals surface area contributed by atoms with E-state index in [4.69, 9.17) is 27.9 Å². The van der Waals surface area contributed by atoms with E-state index in [-0.39, 0.29) is 5.78 Å². The number of halogens is 2. The maximum absolute atomic E-state index is 12.0. The number of allylic oxidation sites excluding steroid dienone is 1. The zero-order valence-electron chi connectivity index (χ0n) is 10.8. The van der Waals surface area contributed by atoms with Crippen LogP contribution in [0, 0.1) is 0 Å². The fourth-order valence-corrected chi connectivity index (χ4v) is 2.13. The molecule has 0 atom stereocenters. The lowest BCUT2D eigenvalue weighted by atomic mass is 10.1. The first-order valence-corrected chi connectivity index (χ1v) is 6.67. The average molecular weight is 307 g/mol. The van der Waals surface area contributed by atoms with Crippen LogP contribution in [0.3, 0.4) is 0 Å². The van der Waals surface area contributed by atoms with Crippen LogP contribution in [0.1, 0.15) is 15.9 Å². The van der Waals surface area contributed by atoms with Crippen LogP contribution >= 0.6 is 23.2 Å². The number of hydrogen-bond acceptors (Lipinski definition) is 2.